The molecule has 0 bridgehead atoms. The van der Waals surface area contributed by atoms with Crippen molar-refractivity contribution >= 4 is 23.0 Å². The van der Waals surface area contributed by atoms with Crippen LogP contribution in [-0.2, 0) is 0 Å². The van der Waals surface area contributed by atoms with Crippen LogP contribution < -0.4 is 5.73 Å². The number of nitrogen functional groups attached to an aromatic ring is 1. The SMILES string of the molecule is Cc1cc(N)cc(C)c1C1=CCSCC1. The molecule has 0 saturated carbocycles. The second-order valence-electron chi connectivity index (χ2n) is 4.08. The van der Waals surface area contributed by atoms with E-state index in [1.807, 2.05) is 11.8 Å². The van der Waals surface area contributed by atoms with Gasteiger partial charge in [0.05, 0.1) is 0 Å². The largest absolute Gasteiger partial charge is 0.399 e. The number of allylic oxidation sites excluding steroid dienone is 1. The predicted octanol–water partition coefficient (Wildman–Crippen LogP) is 3.41. The van der Waals surface area contributed by atoms with Crippen molar-refractivity contribution < 1.29 is 0 Å². The van der Waals surface area contributed by atoms with Crippen molar-refractivity contribution in [2.45, 2.75) is 20.3 Å². The van der Waals surface area contributed by atoms with E-state index >= 15 is 0 Å². The normalized spacial score (nSPS) is 16.3. The summed E-state index contributed by atoms with van der Waals surface area (Å²) in [5.41, 5.74) is 12.3. The number of nitrogens with two attached hydrogens (primary N) is 1. The van der Waals surface area contributed by atoms with Gasteiger partial charge in [-0.05, 0) is 60.4 Å². The Morgan fingerprint density at radius 2 is 1.87 bits per heavy atom. The van der Waals surface area contributed by atoms with Gasteiger partial charge in [-0.1, -0.05) is 6.08 Å². The third-order valence-corrected chi connectivity index (χ3v) is 3.73. The zero-order valence-electron chi connectivity index (χ0n) is 9.34. The second kappa shape index (κ2) is 4.31. The van der Waals surface area contributed by atoms with Crippen molar-refractivity contribution in [1.29, 1.82) is 0 Å². The van der Waals surface area contributed by atoms with Crippen molar-refractivity contribution in [3.63, 3.8) is 0 Å². The number of rotatable bonds is 1. The molecule has 1 aromatic carbocycles. The Hall–Kier alpha value is -0.890. The molecule has 0 radical (unpaired) electrons. The predicted molar refractivity (Wildman–Crippen MR) is 70.2 cm³/mol. The van der Waals surface area contributed by atoms with Crippen LogP contribution in [0.2, 0.25) is 0 Å². The Morgan fingerprint density at radius 3 is 2.40 bits per heavy atom. The molecule has 15 heavy (non-hydrogen) atoms. The Labute approximate surface area is 95.8 Å². The summed E-state index contributed by atoms with van der Waals surface area (Å²) in [7, 11) is 0. The first kappa shape index (κ1) is 10.6. The van der Waals surface area contributed by atoms with E-state index in [0.717, 1.165) is 11.4 Å². The summed E-state index contributed by atoms with van der Waals surface area (Å²) in [6.45, 7) is 4.31. The Bertz CT molecular complexity index is 384. The van der Waals surface area contributed by atoms with Crippen LogP contribution >= 0.6 is 11.8 Å². The molecule has 0 fully saturated rings. The zero-order valence-corrected chi connectivity index (χ0v) is 10.2. The molecule has 0 unspecified atom stereocenters. The van der Waals surface area contributed by atoms with Gasteiger partial charge in [-0.2, -0.15) is 11.8 Å². The van der Waals surface area contributed by atoms with Crippen molar-refractivity contribution in [2.75, 3.05) is 17.2 Å². The fraction of sp³-hybridized carbons (Fsp3) is 0.385. The maximum absolute atomic E-state index is 5.83. The van der Waals surface area contributed by atoms with Crippen molar-refractivity contribution in [2.24, 2.45) is 0 Å². The molecule has 1 heterocycles. The minimum Gasteiger partial charge on any atom is -0.399 e. The van der Waals surface area contributed by atoms with Crippen molar-refractivity contribution in [3.8, 4) is 0 Å². The lowest BCUT2D eigenvalue weighted by Crippen LogP contribution is -2.01. The van der Waals surface area contributed by atoms with Gasteiger partial charge in [-0.25, -0.2) is 0 Å². The van der Waals surface area contributed by atoms with E-state index in [1.54, 1.807) is 0 Å². The quantitative estimate of drug-likeness (QED) is 0.733. The zero-order chi connectivity index (χ0) is 10.8. The second-order valence-corrected chi connectivity index (χ2v) is 5.23. The molecule has 0 spiro atoms. The molecule has 2 rings (SSSR count). The van der Waals surface area contributed by atoms with E-state index in [9.17, 15) is 0 Å². The number of hydrogen-bond donors (Lipinski definition) is 1. The molecule has 0 aliphatic carbocycles. The monoisotopic (exact) mass is 219 g/mol. The molecule has 1 aliphatic heterocycles. The van der Waals surface area contributed by atoms with Gasteiger partial charge in [0.25, 0.3) is 0 Å². The van der Waals surface area contributed by atoms with Crippen LogP contribution in [0.5, 0.6) is 0 Å². The van der Waals surface area contributed by atoms with Gasteiger partial charge in [0.15, 0.2) is 0 Å². The molecule has 0 amide bonds. The highest BCUT2D eigenvalue weighted by molar-refractivity contribution is 7.99. The first-order valence-electron chi connectivity index (χ1n) is 5.32. The lowest BCUT2D eigenvalue weighted by molar-refractivity contribution is 1.20. The highest BCUT2D eigenvalue weighted by atomic mass is 32.2. The number of aryl methyl sites for hydroxylation is 2. The third kappa shape index (κ3) is 2.20. The first-order valence-corrected chi connectivity index (χ1v) is 6.48. The summed E-state index contributed by atoms with van der Waals surface area (Å²) in [4.78, 5) is 0. The lowest BCUT2D eigenvalue weighted by atomic mass is 9.93. The summed E-state index contributed by atoms with van der Waals surface area (Å²) >= 11 is 2.01. The van der Waals surface area contributed by atoms with Crippen LogP contribution in [0.3, 0.4) is 0 Å². The van der Waals surface area contributed by atoms with E-state index in [0.29, 0.717) is 0 Å². The highest BCUT2D eigenvalue weighted by Gasteiger charge is 2.11. The standard InChI is InChI=1S/C13H17NS/c1-9-7-12(14)8-10(2)13(9)11-3-5-15-6-4-11/h3,7-8H,4-6,14H2,1-2H3. The minimum absolute atomic E-state index is 0.875. The molecule has 1 aliphatic rings. The van der Waals surface area contributed by atoms with Crippen LogP contribution in [0.4, 0.5) is 5.69 Å². The van der Waals surface area contributed by atoms with E-state index in [-0.39, 0.29) is 0 Å². The Morgan fingerprint density at radius 1 is 1.20 bits per heavy atom. The maximum Gasteiger partial charge on any atom is 0.0319 e. The van der Waals surface area contributed by atoms with Crippen LogP contribution in [0.15, 0.2) is 18.2 Å². The number of thioether (sulfide) groups is 1. The molecule has 1 nitrogen and oxygen atoms in total. The number of benzene rings is 1. The van der Waals surface area contributed by atoms with Gasteiger partial charge in [0, 0.05) is 11.4 Å². The summed E-state index contributed by atoms with van der Waals surface area (Å²) in [6, 6.07) is 4.15. The summed E-state index contributed by atoms with van der Waals surface area (Å²) in [5, 5.41) is 0. The van der Waals surface area contributed by atoms with Crippen LogP contribution in [0.1, 0.15) is 23.1 Å². The van der Waals surface area contributed by atoms with Gasteiger partial charge in [-0.15, -0.1) is 0 Å². The molecule has 0 saturated heterocycles. The van der Waals surface area contributed by atoms with Crippen LogP contribution in [0, 0.1) is 13.8 Å². The topological polar surface area (TPSA) is 26.0 Å². The van der Waals surface area contributed by atoms with Gasteiger partial charge < -0.3 is 5.73 Å². The first-order chi connectivity index (χ1) is 7.18. The molecule has 80 valence electrons. The molecule has 2 N–H and O–H groups in total. The molecule has 1 aromatic rings. The third-order valence-electron chi connectivity index (χ3n) is 2.84. The van der Waals surface area contributed by atoms with Gasteiger partial charge >= 0.3 is 0 Å². The van der Waals surface area contributed by atoms with Crippen molar-refractivity contribution in [3.05, 3.63) is 34.9 Å². The molecular formula is C13H17NS. The summed E-state index contributed by atoms with van der Waals surface area (Å²) < 4.78 is 0. The summed E-state index contributed by atoms with van der Waals surface area (Å²) in [5.74, 6) is 2.40. The molecule has 0 aromatic heterocycles. The Balaban J connectivity index is 2.47. The molecular weight excluding hydrogens is 202 g/mol. The molecule has 2 heteroatoms. The lowest BCUT2D eigenvalue weighted by Gasteiger charge is -2.17. The van der Waals surface area contributed by atoms with Crippen LogP contribution in [0.25, 0.3) is 5.57 Å². The van der Waals surface area contributed by atoms with E-state index < -0.39 is 0 Å². The maximum atomic E-state index is 5.83. The molecule has 0 atom stereocenters. The fourth-order valence-corrected chi connectivity index (χ4v) is 3.11. The average Bonchev–Trinajstić information content (AvgIpc) is 2.17. The number of anilines is 1. The van der Waals surface area contributed by atoms with Crippen LogP contribution in [-0.4, -0.2) is 11.5 Å². The number of hydrogen-bond acceptors (Lipinski definition) is 2. The van der Waals surface area contributed by atoms with Gasteiger partial charge in [0.1, 0.15) is 0 Å². The average molecular weight is 219 g/mol. The van der Waals surface area contributed by atoms with Gasteiger partial charge in [0.2, 0.25) is 0 Å². The van der Waals surface area contributed by atoms with Crippen molar-refractivity contribution in [1.82, 2.24) is 0 Å². The Kier molecular flexibility index (Phi) is 3.06. The van der Waals surface area contributed by atoms with E-state index in [1.165, 1.54) is 34.4 Å². The fourth-order valence-electron chi connectivity index (χ4n) is 2.26. The minimum atomic E-state index is 0.875. The van der Waals surface area contributed by atoms with E-state index in [2.05, 4.69) is 32.1 Å². The smallest absolute Gasteiger partial charge is 0.0319 e. The van der Waals surface area contributed by atoms with Gasteiger partial charge in [-0.3, -0.25) is 0 Å². The highest BCUT2D eigenvalue weighted by Crippen LogP contribution is 2.31. The summed E-state index contributed by atoms with van der Waals surface area (Å²) in [6.07, 6.45) is 3.55. The van der Waals surface area contributed by atoms with E-state index in [4.69, 9.17) is 5.73 Å².